The Bertz CT molecular complexity index is 621. The van der Waals surface area contributed by atoms with Crippen molar-refractivity contribution < 1.29 is 42.9 Å². The van der Waals surface area contributed by atoms with E-state index < -0.39 is 53.7 Å². The van der Waals surface area contributed by atoms with Crippen LogP contribution in [0.5, 0.6) is 0 Å². The summed E-state index contributed by atoms with van der Waals surface area (Å²) in [7, 11) is 0. The highest BCUT2D eigenvalue weighted by atomic mass is 32.2. The average molecular weight is 447 g/mol. The lowest BCUT2D eigenvalue weighted by atomic mass is 9.99. The smallest absolute Gasteiger partial charge is 0.303 e. The highest BCUT2D eigenvalue weighted by molar-refractivity contribution is 7.99. The van der Waals surface area contributed by atoms with Crippen LogP contribution in [0.3, 0.4) is 0 Å². The van der Waals surface area contributed by atoms with Gasteiger partial charge in [0.25, 0.3) is 0 Å². The largest absolute Gasteiger partial charge is 0.463 e. The van der Waals surface area contributed by atoms with Crippen LogP contribution in [0.4, 0.5) is 0 Å². The minimum Gasteiger partial charge on any atom is -0.463 e. The standard InChI is InChI=1S/C20H30O9S/c1-6-7-8-9-10-30-20-19(28-15(5)24)18(27-14(4)23)17(26-13(3)22)16(29-20)11-25-12(2)21/h6,16-20H,1,7-11H2,2-5H3. The van der Waals surface area contributed by atoms with E-state index in [0.717, 1.165) is 19.3 Å². The minimum atomic E-state index is -1.12. The van der Waals surface area contributed by atoms with Gasteiger partial charge in [0.05, 0.1) is 0 Å². The third-order valence-corrected chi connectivity index (χ3v) is 5.27. The fourth-order valence-corrected chi connectivity index (χ4v) is 4.14. The molecule has 0 aromatic rings. The quantitative estimate of drug-likeness (QED) is 0.202. The molecule has 1 fully saturated rings. The Kier molecular flexibility index (Phi) is 11.5. The first-order chi connectivity index (χ1) is 14.1. The van der Waals surface area contributed by atoms with E-state index in [0.29, 0.717) is 5.75 Å². The molecule has 0 aromatic heterocycles. The summed E-state index contributed by atoms with van der Waals surface area (Å²) < 4.78 is 27.2. The van der Waals surface area contributed by atoms with Crippen LogP contribution < -0.4 is 0 Å². The predicted octanol–water partition coefficient (Wildman–Crippen LogP) is 2.16. The van der Waals surface area contributed by atoms with Crippen LogP contribution in [0.2, 0.25) is 0 Å². The SMILES string of the molecule is C=CCCCCSC1OC(COC(C)=O)C(OC(C)=O)C(OC(C)=O)C1OC(C)=O. The van der Waals surface area contributed by atoms with Crippen molar-refractivity contribution in [3.63, 3.8) is 0 Å². The number of rotatable bonds is 11. The third-order valence-electron chi connectivity index (χ3n) is 4.03. The topological polar surface area (TPSA) is 114 Å². The Labute approximate surface area is 180 Å². The molecule has 1 heterocycles. The average Bonchev–Trinajstić information content (AvgIpc) is 2.63. The second kappa shape index (κ2) is 13.3. The monoisotopic (exact) mass is 446 g/mol. The van der Waals surface area contributed by atoms with Gasteiger partial charge in [0.1, 0.15) is 18.1 Å². The first-order valence-corrected chi connectivity index (χ1v) is 10.7. The van der Waals surface area contributed by atoms with Crippen LogP contribution in [0.25, 0.3) is 0 Å². The van der Waals surface area contributed by atoms with Gasteiger partial charge in [-0.05, 0) is 25.0 Å². The second-order valence-corrected chi connectivity index (χ2v) is 7.93. The molecule has 0 aromatic carbocycles. The molecule has 0 aliphatic carbocycles. The number of carbonyl (C=O) groups excluding carboxylic acids is 4. The first kappa shape index (κ1) is 26.0. The van der Waals surface area contributed by atoms with Gasteiger partial charge in [-0.2, -0.15) is 0 Å². The molecule has 0 saturated carbocycles. The molecule has 0 spiro atoms. The molecular weight excluding hydrogens is 416 g/mol. The fourth-order valence-electron chi connectivity index (χ4n) is 2.91. The molecule has 0 N–H and O–H groups in total. The van der Waals surface area contributed by atoms with E-state index in [9.17, 15) is 19.2 Å². The van der Waals surface area contributed by atoms with Gasteiger partial charge >= 0.3 is 23.9 Å². The zero-order valence-corrected chi connectivity index (χ0v) is 18.6. The molecule has 1 saturated heterocycles. The molecule has 9 nitrogen and oxygen atoms in total. The van der Waals surface area contributed by atoms with Crippen molar-refractivity contribution >= 4 is 35.6 Å². The van der Waals surface area contributed by atoms with Gasteiger partial charge in [0.2, 0.25) is 0 Å². The van der Waals surface area contributed by atoms with Crippen molar-refractivity contribution in [1.82, 2.24) is 0 Å². The molecule has 1 aliphatic heterocycles. The molecule has 1 aliphatic rings. The summed E-state index contributed by atoms with van der Waals surface area (Å²) in [6, 6.07) is 0. The molecule has 0 bridgehead atoms. The van der Waals surface area contributed by atoms with E-state index in [2.05, 4.69) is 6.58 Å². The number of hydrogen-bond donors (Lipinski definition) is 0. The van der Waals surface area contributed by atoms with Crippen molar-refractivity contribution in [3.8, 4) is 0 Å². The summed E-state index contributed by atoms with van der Waals surface area (Å²) in [4.78, 5) is 46.4. The van der Waals surface area contributed by atoms with E-state index in [4.69, 9.17) is 23.7 Å². The summed E-state index contributed by atoms with van der Waals surface area (Å²) in [5.74, 6) is -1.75. The maximum Gasteiger partial charge on any atom is 0.303 e. The van der Waals surface area contributed by atoms with Gasteiger partial charge in [-0.25, -0.2) is 0 Å². The summed E-state index contributed by atoms with van der Waals surface area (Å²) in [6.45, 7) is 8.32. The molecule has 0 amide bonds. The number of hydrogen-bond acceptors (Lipinski definition) is 10. The first-order valence-electron chi connectivity index (χ1n) is 9.68. The Hall–Kier alpha value is -2.07. The zero-order chi connectivity index (χ0) is 22.7. The zero-order valence-electron chi connectivity index (χ0n) is 17.8. The molecule has 5 unspecified atom stereocenters. The Morgan fingerprint density at radius 2 is 1.43 bits per heavy atom. The van der Waals surface area contributed by atoms with Gasteiger partial charge in [-0.1, -0.05) is 6.08 Å². The second-order valence-electron chi connectivity index (χ2n) is 6.72. The van der Waals surface area contributed by atoms with Crippen molar-refractivity contribution in [2.45, 2.75) is 76.8 Å². The van der Waals surface area contributed by atoms with Crippen molar-refractivity contribution in [2.24, 2.45) is 0 Å². The molecule has 170 valence electrons. The highest BCUT2D eigenvalue weighted by Crippen LogP contribution is 2.34. The van der Waals surface area contributed by atoms with E-state index in [-0.39, 0.29) is 6.61 Å². The van der Waals surface area contributed by atoms with Crippen LogP contribution in [-0.2, 0) is 42.9 Å². The maximum absolute atomic E-state index is 11.7. The lowest BCUT2D eigenvalue weighted by Gasteiger charge is -2.44. The van der Waals surface area contributed by atoms with Crippen molar-refractivity contribution in [2.75, 3.05) is 12.4 Å². The van der Waals surface area contributed by atoms with E-state index >= 15 is 0 Å². The molecule has 0 radical (unpaired) electrons. The van der Waals surface area contributed by atoms with Crippen LogP contribution in [-0.4, -0.2) is 66.1 Å². The number of unbranched alkanes of at least 4 members (excludes halogenated alkanes) is 2. The van der Waals surface area contributed by atoms with Crippen molar-refractivity contribution in [3.05, 3.63) is 12.7 Å². The number of esters is 4. The van der Waals surface area contributed by atoms with Crippen LogP contribution in [0, 0.1) is 0 Å². The molecule has 10 heteroatoms. The van der Waals surface area contributed by atoms with Crippen LogP contribution in [0.15, 0.2) is 12.7 Å². The Morgan fingerprint density at radius 3 is 1.97 bits per heavy atom. The van der Waals surface area contributed by atoms with Crippen LogP contribution >= 0.6 is 11.8 Å². The number of carbonyl (C=O) groups is 4. The highest BCUT2D eigenvalue weighted by Gasteiger charge is 2.52. The molecule has 1 rings (SSSR count). The van der Waals surface area contributed by atoms with Gasteiger partial charge in [0.15, 0.2) is 18.3 Å². The fraction of sp³-hybridized carbons (Fsp3) is 0.700. The van der Waals surface area contributed by atoms with E-state index in [1.54, 1.807) is 0 Å². The van der Waals surface area contributed by atoms with Gasteiger partial charge in [0, 0.05) is 27.7 Å². The summed E-state index contributed by atoms with van der Waals surface area (Å²) in [5.41, 5.74) is -0.714. The normalized spacial score (nSPS) is 25.7. The third kappa shape index (κ3) is 9.17. The maximum atomic E-state index is 11.7. The summed E-state index contributed by atoms with van der Waals surface area (Å²) in [5, 5.41) is 0. The Morgan fingerprint density at radius 1 is 0.867 bits per heavy atom. The van der Waals surface area contributed by atoms with Gasteiger partial charge in [-0.15, -0.1) is 18.3 Å². The number of thioether (sulfide) groups is 1. The van der Waals surface area contributed by atoms with E-state index in [1.165, 1.54) is 39.5 Å². The predicted molar refractivity (Wildman–Crippen MR) is 108 cm³/mol. The Balaban J connectivity index is 3.14. The van der Waals surface area contributed by atoms with Gasteiger partial charge in [-0.3, -0.25) is 19.2 Å². The number of allylic oxidation sites excluding steroid dienone is 1. The minimum absolute atomic E-state index is 0.217. The van der Waals surface area contributed by atoms with E-state index in [1.807, 2.05) is 6.08 Å². The summed E-state index contributed by atoms with van der Waals surface area (Å²) in [6.07, 6.45) is 0.361. The lowest BCUT2D eigenvalue weighted by molar-refractivity contribution is -0.237. The van der Waals surface area contributed by atoms with Crippen molar-refractivity contribution in [1.29, 1.82) is 0 Å². The summed E-state index contributed by atoms with van der Waals surface area (Å²) >= 11 is 1.38. The number of ether oxygens (including phenoxy) is 5. The van der Waals surface area contributed by atoms with Gasteiger partial charge < -0.3 is 23.7 Å². The molecule has 5 atom stereocenters. The molecular formula is C20H30O9S. The molecule has 30 heavy (non-hydrogen) atoms. The van der Waals surface area contributed by atoms with Crippen LogP contribution in [0.1, 0.15) is 47.0 Å². The lowest BCUT2D eigenvalue weighted by Crippen LogP contribution is -2.61.